The smallest absolute Gasteiger partial charge is 0.216 e. The van der Waals surface area contributed by atoms with Gasteiger partial charge in [-0.25, -0.2) is 8.78 Å². The molecule has 0 aliphatic rings. The van der Waals surface area contributed by atoms with Crippen LogP contribution in [0.15, 0.2) is 11.1 Å². The Kier molecular flexibility index (Phi) is 5.15. The molecule has 0 aromatic heterocycles. The monoisotopic (exact) mass is 382 g/mol. The number of hydrogen-bond acceptors (Lipinski definition) is 0. The predicted molar refractivity (Wildman–Crippen MR) is 45.7 cm³/mol. The Morgan fingerprint density at radius 1 is 0.667 bits per heavy atom. The highest BCUT2D eigenvalue weighted by Gasteiger charge is 2.89. The molecular formula is C7Cl2F12. The van der Waals surface area contributed by atoms with Gasteiger partial charge in [-0.2, -0.15) is 43.9 Å². The van der Waals surface area contributed by atoms with Crippen molar-refractivity contribution in [2.75, 3.05) is 0 Å². The molecule has 1 unspecified atom stereocenters. The summed E-state index contributed by atoms with van der Waals surface area (Å²) in [5.74, 6) is -7.27. The summed E-state index contributed by atoms with van der Waals surface area (Å²) in [5.41, 5.74) is -7.57. The molecule has 0 rings (SSSR count). The Bertz CT molecular complexity index is 412. The first kappa shape index (κ1) is 20.5. The van der Waals surface area contributed by atoms with Gasteiger partial charge in [-0.05, 0) is 0 Å². The van der Waals surface area contributed by atoms with Gasteiger partial charge in [-0.1, -0.05) is 23.2 Å². The van der Waals surface area contributed by atoms with Crippen molar-refractivity contribution in [3.05, 3.63) is 11.1 Å². The van der Waals surface area contributed by atoms with Gasteiger partial charge < -0.3 is 0 Å². The summed E-state index contributed by atoms with van der Waals surface area (Å²) >= 11 is 8.08. The molecule has 1 atom stereocenters. The molecule has 0 nitrogen and oxygen atoms in total. The van der Waals surface area contributed by atoms with E-state index in [4.69, 9.17) is 0 Å². The van der Waals surface area contributed by atoms with Gasteiger partial charge in [-0.15, -0.1) is 0 Å². The molecule has 0 N–H and O–H groups in total. The van der Waals surface area contributed by atoms with Crippen LogP contribution in [-0.2, 0) is 0 Å². The van der Waals surface area contributed by atoms with Crippen molar-refractivity contribution in [2.24, 2.45) is 0 Å². The predicted octanol–water partition coefficient (Wildman–Crippen LogP) is 5.71. The Morgan fingerprint density at radius 2 is 0.952 bits per heavy atom. The second-order valence-corrected chi connectivity index (χ2v) is 4.28. The third-order valence-corrected chi connectivity index (χ3v) is 2.98. The van der Waals surface area contributed by atoms with Crippen LogP contribution in [0.3, 0.4) is 0 Å². The van der Waals surface area contributed by atoms with Gasteiger partial charge >= 0.3 is 23.9 Å². The lowest BCUT2D eigenvalue weighted by atomic mass is 9.91. The quantitative estimate of drug-likeness (QED) is 0.433. The highest BCUT2D eigenvalue weighted by atomic mass is 35.5. The van der Waals surface area contributed by atoms with Crippen LogP contribution >= 0.6 is 23.2 Å². The largest absolute Gasteiger partial charge is 0.437 e. The molecule has 14 heteroatoms. The van der Waals surface area contributed by atoms with Gasteiger partial charge in [0, 0.05) is 0 Å². The topological polar surface area (TPSA) is 0 Å². The van der Waals surface area contributed by atoms with Gasteiger partial charge in [-0.3, -0.25) is 0 Å². The third-order valence-electron chi connectivity index (χ3n) is 2.05. The van der Waals surface area contributed by atoms with E-state index in [1.165, 1.54) is 0 Å². The maximum Gasteiger partial charge on any atom is 0.437 e. The van der Waals surface area contributed by atoms with E-state index in [9.17, 15) is 52.7 Å². The normalized spacial score (nSPS) is 17.4. The molecule has 0 saturated carbocycles. The molecule has 126 valence electrons. The lowest BCUT2D eigenvalue weighted by Crippen LogP contribution is -2.70. The number of allylic oxidation sites excluding steroid dienone is 1. The summed E-state index contributed by atoms with van der Waals surface area (Å²) in [6.45, 7) is 0. The van der Waals surface area contributed by atoms with E-state index in [1.54, 1.807) is 0 Å². The van der Waals surface area contributed by atoms with Gasteiger partial charge in [0.05, 0.1) is 0 Å². The first-order valence-corrected chi connectivity index (χ1v) is 4.90. The average Bonchev–Trinajstić information content (AvgIpc) is 2.22. The van der Waals surface area contributed by atoms with E-state index in [1.807, 2.05) is 0 Å². The van der Waals surface area contributed by atoms with Crippen molar-refractivity contribution in [3.8, 4) is 0 Å². The first-order valence-electron chi connectivity index (χ1n) is 4.15. The Morgan fingerprint density at radius 3 is 1.14 bits per heavy atom. The van der Waals surface area contributed by atoms with Crippen LogP contribution in [0.5, 0.6) is 0 Å². The van der Waals surface area contributed by atoms with Gasteiger partial charge in [0.25, 0.3) is 11.2 Å². The number of hydrogen-bond donors (Lipinski definition) is 0. The van der Waals surface area contributed by atoms with E-state index < -0.39 is 40.2 Å². The molecule has 0 radical (unpaired) electrons. The molecule has 0 aliphatic heterocycles. The van der Waals surface area contributed by atoms with Crippen molar-refractivity contribution in [1.29, 1.82) is 0 Å². The first-order chi connectivity index (χ1) is 8.85. The summed E-state index contributed by atoms with van der Waals surface area (Å²) in [5, 5.41) is -9.22. The Labute approximate surface area is 117 Å². The SMILES string of the molecule is FC(F)=C(Cl)C(F)(Cl)C(F)(F)C(F)(C(F)(F)F)C(F)(F)F. The Balaban J connectivity index is 6.50. The van der Waals surface area contributed by atoms with Crippen LogP contribution in [0, 0.1) is 0 Å². The van der Waals surface area contributed by atoms with Crippen LogP contribution in [-0.4, -0.2) is 29.1 Å². The summed E-state index contributed by atoms with van der Waals surface area (Å²) in [6, 6.07) is 0. The second kappa shape index (κ2) is 5.28. The van der Waals surface area contributed by atoms with Gasteiger partial charge in [0.2, 0.25) is 0 Å². The maximum atomic E-state index is 13.2. The van der Waals surface area contributed by atoms with Crippen LogP contribution in [0.25, 0.3) is 0 Å². The van der Waals surface area contributed by atoms with Crippen molar-refractivity contribution in [1.82, 2.24) is 0 Å². The van der Waals surface area contributed by atoms with Gasteiger partial charge in [0.15, 0.2) is 0 Å². The zero-order valence-corrected chi connectivity index (χ0v) is 10.3. The maximum absolute atomic E-state index is 13.2. The standard InChI is InChI=1S/C7Cl2F12/c8-1(2(10)11)3(9,12)5(14,15)4(13,6(16,17)18)7(19,20)21. The number of halogens is 14. The van der Waals surface area contributed by atoms with Crippen molar-refractivity contribution >= 4 is 23.2 Å². The van der Waals surface area contributed by atoms with Crippen molar-refractivity contribution < 1.29 is 52.7 Å². The third kappa shape index (κ3) is 2.88. The molecule has 0 amide bonds. The van der Waals surface area contributed by atoms with E-state index in [2.05, 4.69) is 23.2 Å². The van der Waals surface area contributed by atoms with Gasteiger partial charge in [0.1, 0.15) is 5.03 Å². The van der Waals surface area contributed by atoms with E-state index >= 15 is 0 Å². The molecular weight excluding hydrogens is 383 g/mol. The number of rotatable bonds is 3. The van der Waals surface area contributed by atoms with Crippen molar-refractivity contribution in [3.63, 3.8) is 0 Å². The summed E-state index contributed by atoms with van der Waals surface area (Å²) in [7, 11) is 0. The molecule has 0 fully saturated rings. The van der Waals surface area contributed by atoms with Crippen LogP contribution in [0.2, 0.25) is 0 Å². The highest BCUT2D eigenvalue weighted by molar-refractivity contribution is 6.39. The molecule has 0 aromatic carbocycles. The Hall–Kier alpha value is -0.520. The van der Waals surface area contributed by atoms with E-state index in [0.29, 0.717) is 0 Å². The molecule has 0 aromatic rings. The average molecular weight is 383 g/mol. The molecule has 0 spiro atoms. The minimum Gasteiger partial charge on any atom is -0.216 e. The number of alkyl halides is 11. The molecule has 0 aliphatic carbocycles. The fourth-order valence-corrected chi connectivity index (χ4v) is 1.31. The van der Waals surface area contributed by atoms with E-state index in [-0.39, 0.29) is 0 Å². The van der Waals surface area contributed by atoms with Crippen LogP contribution in [0.4, 0.5) is 52.7 Å². The molecule has 21 heavy (non-hydrogen) atoms. The molecule has 0 saturated heterocycles. The zero-order valence-electron chi connectivity index (χ0n) is 8.79. The minimum absolute atomic E-state index is 3.22. The lowest BCUT2D eigenvalue weighted by molar-refractivity contribution is -0.405. The fraction of sp³-hybridized carbons (Fsp3) is 0.714. The van der Waals surface area contributed by atoms with E-state index in [0.717, 1.165) is 0 Å². The minimum atomic E-state index is -7.57. The summed E-state index contributed by atoms with van der Waals surface area (Å²) < 4.78 is 148. The molecule has 0 heterocycles. The highest BCUT2D eigenvalue weighted by Crippen LogP contribution is 2.61. The molecule has 0 bridgehead atoms. The lowest BCUT2D eigenvalue weighted by Gasteiger charge is -2.40. The van der Waals surface area contributed by atoms with Crippen LogP contribution < -0.4 is 0 Å². The fourth-order valence-electron chi connectivity index (χ4n) is 0.990. The summed E-state index contributed by atoms with van der Waals surface area (Å²) in [6.07, 6.45) is -18.5. The van der Waals surface area contributed by atoms with Crippen molar-refractivity contribution in [2.45, 2.75) is 29.1 Å². The second-order valence-electron chi connectivity index (χ2n) is 3.38. The van der Waals surface area contributed by atoms with Crippen LogP contribution in [0.1, 0.15) is 0 Å². The zero-order chi connectivity index (χ0) is 17.7. The summed E-state index contributed by atoms with van der Waals surface area (Å²) in [4.78, 5) is 0.